The van der Waals surface area contributed by atoms with Gasteiger partial charge in [0.05, 0.1) is 61.6 Å². The number of nitrogens with two attached hydrogens (primary N) is 3. The molecule has 0 spiro atoms. The molecule has 0 bridgehead atoms. The van der Waals surface area contributed by atoms with Gasteiger partial charge in [0.2, 0.25) is 53.2 Å². The highest BCUT2D eigenvalue weighted by Gasteiger charge is 2.38. The van der Waals surface area contributed by atoms with Crippen molar-refractivity contribution in [2.75, 3.05) is 75.7 Å². The maximum Gasteiger partial charge on any atom is 0.333 e. The standard InChI is InChI=1S/C62H83FN16O14/c1-7-78(8-2)24-23-68-59(90)54-34(4)46(73-35(54)5)28-43-42-27-40(63)15-18-48(42)79(61(43)92)62(93)74-41-16-13-39(14-17-41)38-11-9-37(10-12-38)26-47(56(87)71-31-52(85)70-30-51(84)69-29-49(65)82)77-57(88)44(19-21-64)76-58(89)45(20-22-67-50(83)25-33(3)80)75-53(86)32-72-60(91)55(66)36(6)81/h9-18,27-28,33,36,44-45,47,55,73,80-81H,7-8,19-26,29-32,64,66H2,1-6H3,(H2,65,82)(H,67,83)(H,68,90)(H,69,84)(H,70,85)(H,71,87)(H,72,91)(H,74,93)(H,75,86)(H,76,89)(H,77,88)/b43-28-/t33-,36-,44?,45+,47-,55+/m1/s1. The fourth-order valence-corrected chi connectivity index (χ4v) is 9.64. The van der Waals surface area contributed by atoms with Crippen molar-refractivity contribution in [3.8, 4) is 11.1 Å². The number of nitrogens with zero attached hydrogens (tertiary/aromatic N) is 2. The molecule has 5 rings (SSSR count). The lowest BCUT2D eigenvalue weighted by Gasteiger charge is -2.25. The second-order valence-electron chi connectivity index (χ2n) is 21.9. The predicted molar refractivity (Wildman–Crippen MR) is 341 cm³/mol. The quantitative estimate of drug-likeness (QED) is 0.0223. The van der Waals surface area contributed by atoms with Crippen LogP contribution in [0.15, 0.2) is 66.7 Å². The molecule has 6 atom stereocenters. The molecule has 0 fully saturated rings. The number of urea groups is 1. The van der Waals surface area contributed by atoms with Crippen molar-refractivity contribution in [1.82, 2.24) is 57.7 Å². The van der Waals surface area contributed by atoms with Gasteiger partial charge in [0.15, 0.2) is 0 Å². The van der Waals surface area contributed by atoms with Crippen molar-refractivity contribution in [3.63, 3.8) is 0 Å². The summed E-state index contributed by atoms with van der Waals surface area (Å²) in [6.45, 7) is 10.1. The Balaban J connectivity index is 1.32. The zero-order chi connectivity index (χ0) is 68.6. The molecular weight excluding hydrogens is 1210 g/mol. The van der Waals surface area contributed by atoms with Crippen LogP contribution in [0.2, 0.25) is 0 Å². The number of imide groups is 1. The minimum Gasteiger partial charge on any atom is -0.393 e. The summed E-state index contributed by atoms with van der Waals surface area (Å²) in [6.07, 6.45) is -1.75. The van der Waals surface area contributed by atoms with Crippen molar-refractivity contribution in [1.29, 1.82) is 0 Å². The van der Waals surface area contributed by atoms with Gasteiger partial charge in [-0.1, -0.05) is 50.2 Å². The van der Waals surface area contributed by atoms with E-state index in [1.54, 1.807) is 62.4 Å². The van der Waals surface area contributed by atoms with Crippen molar-refractivity contribution in [2.24, 2.45) is 17.2 Å². The van der Waals surface area contributed by atoms with Gasteiger partial charge in [-0.05, 0) is 119 Å². The van der Waals surface area contributed by atoms with Crippen molar-refractivity contribution >= 4 is 94.0 Å². The van der Waals surface area contributed by atoms with Crippen molar-refractivity contribution in [2.45, 2.75) is 104 Å². The van der Waals surface area contributed by atoms with E-state index in [9.17, 15) is 72.1 Å². The van der Waals surface area contributed by atoms with Crippen LogP contribution in [0, 0.1) is 19.7 Å². The molecule has 0 radical (unpaired) electrons. The topological polar surface area (TPSA) is 466 Å². The maximum absolute atomic E-state index is 14.8. The summed E-state index contributed by atoms with van der Waals surface area (Å²) in [5.74, 6) is -9.25. The summed E-state index contributed by atoms with van der Waals surface area (Å²) >= 11 is 0. The van der Waals surface area contributed by atoms with Crippen molar-refractivity contribution in [3.05, 3.63) is 106 Å². The summed E-state index contributed by atoms with van der Waals surface area (Å²) in [7, 11) is 0. The van der Waals surface area contributed by atoms with Gasteiger partial charge in [-0.25, -0.2) is 14.1 Å². The lowest BCUT2D eigenvalue weighted by molar-refractivity contribution is -0.134. The number of aliphatic hydroxyl groups is 2. The first kappa shape index (κ1) is 73.8. The number of anilines is 2. The number of benzene rings is 3. The van der Waals surface area contributed by atoms with Gasteiger partial charge in [-0.3, -0.25) is 52.7 Å². The summed E-state index contributed by atoms with van der Waals surface area (Å²) in [5.41, 5.74) is 20.9. The van der Waals surface area contributed by atoms with E-state index in [0.29, 0.717) is 52.3 Å². The Kier molecular flexibility index (Phi) is 28.2. The first-order valence-electron chi connectivity index (χ1n) is 30.1. The molecule has 30 nitrogen and oxygen atoms in total. The monoisotopic (exact) mass is 1290 g/mol. The number of primary amides is 1. The summed E-state index contributed by atoms with van der Waals surface area (Å²) in [5, 5.41) is 44.2. The Bertz CT molecular complexity index is 3410. The minimum atomic E-state index is -1.47. The van der Waals surface area contributed by atoms with Crippen LogP contribution in [-0.2, 0) is 54.4 Å². The molecule has 0 saturated heterocycles. The lowest BCUT2D eigenvalue weighted by atomic mass is 9.99. The second kappa shape index (κ2) is 35.6. The molecule has 93 heavy (non-hydrogen) atoms. The Morgan fingerprint density at radius 1 is 0.677 bits per heavy atom. The van der Waals surface area contributed by atoms with Gasteiger partial charge in [-0.2, -0.15) is 0 Å². The number of H-pyrrole nitrogens is 1. The van der Waals surface area contributed by atoms with E-state index in [0.717, 1.165) is 30.1 Å². The number of aryl methyl sites for hydroxylation is 1. The molecule has 2 heterocycles. The largest absolute Gasteiger partial charge is 0.393 e. The number of carbonyl (C=O) groups is 12. The average Bonchev–Trinajstić information content (AvgIpc) is 1.61. The van der Waals surface area contributed by atoms with Gasteiger partial charge in [-0.15, -0.1) is 0 Å². The van der Waals surface area contributed by atoms with Crippen LogP contribution in [0.4, 0.5) is 20.6 Å². The molecule has 1 unspecified atom stereocenters. The van der Waals surface area contributed by atoms with Crippen LogP contribution in [0.3, 0.4) is 0 Å². The average molecular weight is 1300 g/mol. The van der Waals surface area contributed by atoms with Crippen LogP contribution in [0.25, 0.3) is 22.8 Å². The van der Waals surface area contributed by atoms with Crippen LogP contribution in [0.1, 0.15) is 85.4 Å². The zero-order valence-corrected chi connectivity index (χ0v) is 52.6. The molecule has 19 N–H and O–H groups in total. The molecule has 3 aromatic carbocycles. The van der Waals surface area contributed by atoms with Crippen LogP contribution >= 0.6 is 0 Å². The number of aromatic amines is 1. The number of carbonyl (C=O) groups excluding carboxylic acids is 12. The number of fused-ring (bicyclic) bond motifs is 1. The number of aromatic nitrogens is 1. The number of amides is 13. The van der Waals surface area contributed by atoms with Crippen LogP contribution < -0.4 is 75.3 Å². The first-order valence-corrected chi connectivity index (χ1v) is 30.1. The second-order valence-corrected chi connectivity index (χ2v) is 21.9. The third-order valence-corrected chi connectivity index (χ3v) is 14.8. The normalized spacial score (nSPS) is 14.1. The summed E-state index contributed by atoms with van der Waals surface area (Å²) in [6, 6.07) is 10.2. The van der Waals surface area contributed by atoms with E-state index >= 15 is 0 Å². The number of rotatable bonds is 34. The van der Waals surface area contributed by atoms with Gasteiger partial charge in [0.1, 0.15) is 30.0 Å². The van der Waals surface area contributed by atoms with Gasteiger partial charge in [0, 0.05) is 48.7 Å². The minimum absolute atomic E-state index is 0.0134. The lowest BCUT2D eigenvalue weighted by Crippen LogP contribution is -2.58. The SMILES string of the molecule is CCN(CC)CCNC(=O)c1c(C)[nH]c(/C=C2\C(=O)N(C(=O)Nc3ccc(-c4ccc(C[C@@H](NC(=O)C(CCN)NC(=O)[C@H](CCNC(=O)C[C@@H](C)O)NC(=O)CNC(=O)[C@@H](N)[C@@H](C)O)C(=O)NCC(=O)NCC(=O)NCC(N)=O)cc4)cc3)c3ccc(F)cc32)c1C. The molecule has 1 aromatic heterocycles. The highest BCUT2D eigenvalue weighted by atomic mass is 19.1. The molecule has 31 heteroatoms. The Morgan fingerprint density at radius 3 is 1.86 bits per heavy atom. The maximum atomic E-state index is 14.8. The van der Waals surface area contributed by atoms with Gasteiger partial charge >= 0.3 is 6.03 Å². The number of halogens is 1. The van der Waals surface area contributed by atoms with E-state index in [2.05, 4.69) is 63.1 Å². The highest BCUT2D eigenvalue weighted by Crippen LogP contribution is 2.39. The van der Waals surface area contributed by atoms with E-state index in [1.165, 1.54) is 26.0 Å². The highest BCUT2D eigenvalue weighted by molar-refractivity contribution is 6.43. The van der Waals surface area contributed by atoms with Crippen molar-refractivity contribution < 1.29 is 72.1 Å². The van der Waals surface area contributed by atoms with E-state index < -0.39 is 133 Å². The summed E-state index contributed by atoms with van der Waals surface area (Å²) < 4.78 is 14.8. The number of hydrogen-bond donors (Lipinski definition) is 16. The molecule has 0 saturated carbocycles. The number of likely N-dealkylation sites (N-methyl/N-ethyl adjacent to an activating group) is 1. The van der Waals surface area contributed by atoms with Crippen LogP contribution in [0.5, 0.6) is 0 Å². The number of aliphatic hydroxyl groups excluding tert-OH is 2. The Labute approximate surface area is 535 Å². The third kappa shape index (κ3) is 22.2. The molecule has 0 aliphatic carbocycles. The fraction of sp³-hybridized carbons (Fsp3) is 0.419. The molecule has 13 amide bonds. The smallest absolute Gasteiger partial charge is 0.333 e. The zero-order valence-electron chi connectivity index (χ0n) is 52.6. The number of nitrogens with one attached hydrogen (secondary N) is 11. The van der Waals surface area contributed by atoms with Gasteiger partial charge < -0.3 is 90.5 Å². The predicted octanol–water partition coefficient (Wildman–Crippen LogP) is -2.09. The fourth-order valence-electron chi connectivity index (χ4n) is 9.64. The summed E-state index contributed by atoms with van der Waals surface area (Å²) in [4.78, 5) is 163. The molecule has 4 aromatic rings. The first-order chi connectivity index (χ1) is 44.1. The van der Waals surface area contributed by atoms with E-state index in [1.807, 2.05) is 13.8 Å². The van der Waals surface area contributed by atoms with E-state index in [4.69, 9.17) is 17.2 Å². The molecule has 502 valence electrons. The van der Waals surface area contributed by atoms with E-state index in [-0.39, 0.29) is 67.2 Å². The molecular formula is C62H83FN16O14. The third-order valence-electron chi connectivity index (χ3n) is 14.8. The Hall–Kier alpha value is -9.95. The molecule has 1 aliphatic rings. The Morgan fingerprint density at radius 2 is 1.26 bits per heavy atom. The molecule has 1 aliphatic heterocycles. The number of hydrogen-bond acceptors (Lipinski definition) is 17. The van der Waals surface area contributed by atoms with Crippen LogP contribution in [-0.4, -0.2) is 193 Å². The van der Waals surface area contributed by atoms with Gasteiger partial charge in [0.25, 0.3) is 11.8 Å².